The van der Waals surface area contributed by atoms with Crippen LogP contribution in [0.1, 0.15) is 68.2 Å². The van der Waals surface area contributed by atoms with Gasteiger partial charge in [-0.25, -0.2) is 0 Å². The molecule has 1 unspecified atom stereocenters. The van der Waals surface area contributed by atoms with Gasteiger partial charge in [-0.3, -0.25) is 9.78 Å². The lowest BCUT2D eigenvalue weighted by Crippen LogP contribution is -2.03. The van der Waals surface area contributed by atoms with Gasteiger partial charge in [0.05, 0.1) is 12.0 Å². The van der Waals surface area contributed by atoms with Crippen molar-refractivity contribution in [2.45, 2.75) is 64.2 Å². The third kappa shape index (κ3) is 4.40. The number of carboxylic acid groups (broad SMARTS) is 1. The normalized spacial score (nSPS) is 15.2. The van der Waals surface area contributed by atoms with E-state index in [-0.39, 0.29) is 12.3 Å². The fourth-order valence-corrected chi connectivity index (χ4v) is 4.86. The van der Waals surface area contributed by atoms with Crippen LogP contribution in [0.4, 0.5) is 0 Å². The zero-order valence-electron chi connectivity index (χ0n) is 18.8. The Balaban J connectivity index is 1.38. The molecule has 1 aliphatic carbocycles. The van der Waals surface area contributed by atoms with Crippen molar-refractivity contribution in [3.05, 3.63) is 53.5 Å². The van der Waals surface area contributed by atoms with Crippen LogP contribution in [0.5, 0.6) is 0 Å². The number of rotatable bonds is 9. The summed E-state index contributed by atoms with van der Waals surface area (Å²) < 4.78 is 5.58. The largest absolute Gasteiger partial charge is 0.481 e. The Kier molecular flexibility index (Phi) is 5.94. The molecule has 170 valence electrons. The first kappa shape index (κ1) is 21.4. The molecular formula is C26H28N4O3. The molecule has 0 bridgehead atoms. The van der Waals surface area contributed by atoms with E-state index in [4.69, 9.17) is 4.52 Å². The van der Waals surface area contributed by atoms with Gasteiger partial charge in [0.1, 0.15) is 0 Å². The molecular weight excluding hydrogens is 416 g/mol. The first-order valence-corrected chi connectivity index (χ1v) is 11.8. The predicted molar refractivity (Wildman–Crippen MR) is 126 cm³/mol. The highest BCUT2D eigenvalue weighted by atomic mass is 16.5. The van der Waals surface area contributed by atoms with Gasteiger partial charge in [0.2, 0.25) is 5.82 Å². The number of carboxylic acids is 1. The number of unbranched alkanes of at least 4 members (excludes halogenated alkanes) is 3. The summed E-state index contributed by atoms with van der Waals surface area (Å²) in [7, 11) is 0. The quantitative estimate of drug-likeness (QED) is 0.311. The van der Waals surface area contributed by atoms with Gasteiger partial charge in [-0.15, -0.1) is 0 Å². The van der Waals surface area contributed by atoms with Crippen molar-refractivity contribution in [1.29, 1.82) is 0 Å². The first-order chi connectivity index (χ1) is 16.1. The van der Waals surface area contributed by atoms with E-state index in [0.717, 1.165) is 53.4 Å². The molecule has 3 aromatic heterocycles. The number of carbonyl (C=O) groups is 1. The molecule has 7 heteroatoms. The van der Waals surface area contributed by atoms with Crippen LogP contribution in [0.15, 0.2) is 41.2 Å². The van der Waals surface area contributed by atoms with Gasteiger partial charge in [-0.05, 0) is 61.1 Å². The number of H-pyrrole nitrogens is 1. The molecule has 0 amide bonds. The third-order valence-corrected chi connectivity index (χ3v) is 6.56. The summed E-state index contributed by atoms with van der Waals surface area (Å²) >= 11 is 0. The van der Waals surface area contributed by atoms with Crippen molar-refractivity contribution in [3.63, 3.8) is 0 Å². The van der Waals surface area contributed by atoms with Gasteiger partial charge in [-0.2, -0.15) is 4.98 Å². The Bertz CT molecular complexity index is 1290. The lowest BCUT2D eigenvalue weighted by Gasteiger charge is -2.05. The minimum absolute atomic E-state index is 0.0480. The van der Waals surface area contributed by atoms with Gasteiger partial charge in [0, 0.05) is 40.5 Å². The number of benzene rings is 1. The second-order valence-electron chi connectivity index (χ2n) is 8.93. The summed E-state index contributed by atoms with van der Waals surface area (Å²) in [6.45, 7) is 2.21. The Morgan fingerprint density at radius 3 is 2.94 bits per heavy atom. The number of aryl methyl sites for hydroxylation is 2. The molecule has 0 aliphatic heterocycles. The van der Waals surface area contributed by atoms with Crippen LogP contribution in [0.3, 0.4) is 0 Å². The van der Waals surface area contributed by atoms with E-state index in [0.29, 0.717) is 11.7 Å². The Hall–Kier alpha value is -3.48. The molecule has 4 aromatic rings. The highest BCUT2D eigenvalue weighted by Crippen LogP contribution is 2.40. The molecule has 0 spiro atoms. The molecule has 1 atom stereocenters. The summed E-state index contributed by atoms with van der Waals surface area (Å²) in [5.74, 6) is 0.294. The summed E-state index contributed by atoms with van der Waals surface area (Å²) in [5, 5.41) is 14.5. The average Bonchev–Trinajstić information content (AvgIpc) is 3.53. The van der Waals surface area contributed by atoms with Crippen LogP contribution >= 0.6 is 0 Å². The molecule has 0 saturated heterocycles. The van der Waals surface area contributed by atoms with E-state index in [9.17, 15) is 9.90 Å². The number of hydrogen-bond acceptors (Lipinski definition) is 5. The molecule has 7 nitrogen and oxygen atoms in total. The van der Waals surface area contributed by atoms with Gasteiger partial charge in [0.25, 0.3) is 5.89 Å². The van der Waals surface area contributed by atoms with Gasteiger partial charge >= 0.3 is 5.97 Å². The molecule has 3 heterocycles. The number of aromatic nitrogens is 4. The zero-order chi connectivity index (χ0) is 22.8. The third-order valence-electron chi connectivity index (χ3n) is 6.56. The average molecular weight is 445 g/mol. The number of aliphatic carboxylic acids is 1. The van der Waals surface area contributed by atoms with Crippen molar-refractivity contribution < 1.29 is 14.4 Å². The highest BCUT2D eigenvalue weighted by molar-refractivity contribution is 5.89. The molecule has 2 N–H and O–H groups in total. The maximum atomic E-state index is 11.2. The second-order valence-corrected chi connectivity index (χ2v) is 8.93. The SMILES string of the molecule is CCCCCCc1cncc(-c2nc(-c3ccc4[nH]c5c(c4c3)CCC5CC(=O)O)no2)c1. The summed E-state index contributed by atoms with van der Waals surface area (Å²) in [4.78, 5) is 23.6. The van der Waals surface area contributed by atoms with E-state index in [1.807, 2.05) is 18.3 Å². The second kappa shape index (κ2) is 9.17. The van der Waals surface area contributed by atoms with Crippen LogP contribution in [-0.2, 0) is 17.6 Å². The number of aromatic amines is 1. The number of nitrogens with zero attached hydrogens (tertiary/aromatic N) is 3. The fourth-order valence-electron chi connectivity index (χ4n) is 4.86. The number of nitrogens with one attached hydrogen (secondary N) is 1. The summed E-state index contributed by atoms with van der Waals surface area (Å²) in [5.41, 5.74) is 6.18. The monoisotopic (exact) mass is 444 g/mol. The van der Waals surface area contributed by atoms with Crippen LogP contribution in [0.25, 0.3) is 33.7 Å². The van der Waals surface area contributed by atoms with Gasteiger partial charge in [-0.1, -0.05) is 31.3 Å². The van der Waals surface area contributed by atoms with E-state index < -0.39 is 5.97 Å². The maximum absolute atomic E-state index is 11.2. The van der Waals surface area contributed by atoms with E-state index >= 15 is 0 Å². The molecule has 5 rings (SSSR count). The van der Waals surface area contributed by atoms with Crippen LogP contribution in [0.2, 0.25) is 0 Å². The molecule has 33 heavy (non-hydrogen) atoms. The van der Waals surface area contributed by atoms with Gasteiger partial charge < -0.3 is 14.6 Å². The Labute approximate surface area is 192 Å². The zero-order valence-corrected chi connectivity index (χ0v) is 18.8. The molecule has 1 aliphatic rings. The lowest BCUT2D eigenvalue weighted by atomic mass is 10.0. The standard InChI is InChI=1S/C26H28N4O3/c1-2-3-4-5-6-16-11-19(15-27-14-16)26-29-25(30-33-26)18-8-10-22-21(12-18)20-9-7-17(13-23(31)32)24(20)28-22/h8,10-12,14-15,17,28H,2-7,9,13H2,1H3,(H,31,32). The van der Waals surface area contributed by atoms with Crippen molar-refractivity contribution in [1.82, 2.24) is 20.1 Å². The van der Waals surface area contributed by atoms with Crippen LogP contribution in [-0.4, -0.2) is 31.2 Å². The maximum Gasteiger partial charge on any atom is 0.304 e. The topological polar surface area (TPSA) is 105 Å². The minimum atomic E-state index is -0.758. The molecule has 0 saturated carbocycles. The van der Waals surface area contributed by atoms with E-state index in [2.05, 4.69) is 39.2 Å². The van der Waals surface area contributed by atoms with E-state index in [1.54, 1.807) is 6.20 Å². The number of pyridine rings is 1. The van der Waals surface area contributed by atoms with Crippen molar-refractivity contribution >= 4 is 16.9 Å². The minimum Gasteiger partial charge on any atom is -0.481 e. The number of hydrogen-bond donors (Lipinski definition) is 2. The first-order valence-electron chi connectivity index (χ1n) is 11.8. The Morgan fingerprint density at radius 1 is 1.18 bits per heavy atom. The van der Waals surface area contributed by atoms with Crippen molar-refractivity contribution in [2.75, 3.05) is 0 Å². The fraction of sp³-hybridized carbons (Fsp3) is 0.385. The summed E-state index contributed by atoms with van der Waals surface area (Å²) in [6, 6.07) is 8.14. The molecule has 1 aromatic carbocycles. The van der Waals surface area contributed by atoms with Crippen molar-refractivity contribution in [3.8, 4) is 22.8 Å². The lowest BCUT2D eigenvalue weighted by molar-refractivity contribution is -0.137. The smallest absolute Gasteiger partial charge is 0.304 e. The predicted octanol–water partition coefficient (Wildman–Crippen LogP) is 5.91. The summed E-state index contributed by atoms with van der Waals surface area (Å²) in [6.07, 6.45) is 11.4. The van der Waals surface area contributed by atoms with Crippen LogP contribution in [0, 0.1) is 0 Å². The highest BCUT2D eigenvalue weighted by Gasteiger charge is 2.28. The molecule has 0 fully saturated rings. The van der Waals surface area contributed by atoms with Crippen LogP contribution < -0.4 is 0 Å². The number of fused-ring (bicyclic) bond motifs is 3. The van der Waals surface area contributed by atoms with Gasteiger partial charge in [0.15, 0.2) is 0 Å². The molecule has 0 radical (unpaired) electrons. The Morgan fingerprint density at radius 2 is 2.09 bits per heavy atom. The van der Waals surface area contributed by atoms with E-state index in [1.165, 1.54) is 30.4 Å². The van der Waals surface area contributed by atoms with Crippen molar-refractivity contribution in [2.24, 2.45) is 0 Å².